The molecular formula is C21H32FIN6O. The van der Waals surface area contributed by atoms with Gasteiger partial charge in [-0.15, -0.1) is 24.0 Å². The molecule has 0 radical (unpaired) electrons. The van der Waals surface area contributed by atoms with Crippen LogP contribution in [-0.4, -0.2) is 48.8 Å². The molecule has 1 unspecified atom stereocenters. The summed E-state index contributed by atoms with van der Waals surface area (Å²) in [5.74, 6) is 2.20. The van der Waals surface area contributed by atoms with Gasteiger partial charge in [0.25, 0.3) is 0 Å². The third kappa shape index (κ3) is 6.55. The summed E-state index contributed by atoms with van der Waals surface area (Å²) in [6.45, 7) is 8.53. The molecule has 1 saturated heterocycles. The molecule has 9 heteroatoms. The fourth-order valence-electron chi connectivity index (χ4n) is 3.57. The van der Waals surface area contributed by atoms with Crippen molar-refractivity contribution in [2.24, 2.45) is 4.99 Å². The van der Waals surface area contributed by atoms with E-state index >= 15 is 0 Å². The molecule has 2 aromatic rings. The Labute approximate surface area is 194 Å². The molecule has 0 spiro atoms. The molecule has 166 valence electrons. The summed E-state index contributed by atoms with van der Waals surface area (Å²) in [5, 5.41) is 10.8. The van der Waals surface area contributed by atoms with E-state index in [9.17, 15) is 4.39 Å². The second-order valence-electron chi connectivity index (χ2n) is 7.81. The van der Waals surface area contributed by atoms with Crippen molar-refractivity contribution in [1.29, 1.82) is 0 Å². The number of aromatic nitrogens is 2. The Hall–Kier alpha value is -1.91. The summed E-state index contributed by atoms with van der Waals surface area (Å²) in [4.78, 5) is 11.0. The Morgan fingerprint density at radius 3 is 2.87 bits per heavy atom. The summed E-state index contributed by atoms with van der Waals surface area (Å²) >= 11 is 0. The van der Waals surface area contributed by atoms with Crippen molar-refractivity contribution in [2.75, 3.05) is 31.6 Å². The Morgan fingerprint density at radius 1 is 1.40 bits per heavy atom. The Bertz CT molecular complexity index is 841. The number of rotatable bonds is 6. The van der Waals surface area contributed by atoms with Gasteiger partial charge in [-0.05, 0) is 43.5 Å². The number of anilines is 1. The number of benzene rings is 1. The van der Waals surface area contributed by atoms with Crippen LogP contribution in [-0.2, 0) is 6.42 Å². The maximum Gasteiger partial charge on any atom is 0.228 e. The van der Waals surface area contributed by atoms with Crippen LogP contribution in [0.3, 0.4) is 0 Å². The van der Waals surface area contributed by atoms with E-state index in [0.29, 0.717) is 18.9 Å². The topological polar surface area (TPSA) is 78.6 Å². The van der Waals surface area contributed by atoms with Crippen molar-refractivity contribution in [2.45, 2.75) is 52.0 Å². The predicted molar refractivity (Wildman–Crippen MR) is 128 cm³/mol. The van der Waals surface area contributed by atoms with Crippen molar-refractivity contribution in [3.05, 3.63) is 41.3 Å². The molecule has 1 fully saturated rings. The van der Waals surface area contributed by atoms with Crippen molar-refractivity contribution in [3.63, 3.8) is 0 Å². The number of halogens is 2. The molecule has 0 amide bonds. The van der Waals surface area contributed by atoms with E-state index in [0.717, 1.165) is 49.0 Å². The van der Waals surface area contributed by atoms with Crippen LogP contribution in [0.25, 0.3) is 0 Å². The molecule has 1 aromatic carbocycles. The molecule has 2 N–H and O–H groups in total. The lowest BCUT2D eigenvalue weighted by atomic mass is 10.0. The van der Waals surface area contributed by atoms with Crippen LogP contribution in [0.4, 0.5) is 10.1 Å². The summed E-state index contributed by atoms with van der Waals surface area (Å²) < 4.78 is 18.7. The fourth-order valence-corrected chi connectivity index (χ4v) is 3.57. The van der Waals surface area contributed by atoms with Crippen molar-refractivity contribution in [1.82, 2.24) is 20.8 Å². The van der Waals surface area contributed by atoms with E-state index in [4.69, 9.17) is 4.52 Å². The van der Waals surface area contributed by atoms with E-state index < -0.39 is 0 Å². The standard InChI is InChI=1S/C21H31FN6O.HI/c1-14(2)20-26-19(29-27-20)9-10-24-21(23-4)25-17-6-5-11-28(13-17)18-8-7-16(22)12-15(18)3;/h7-8,12,14,17H,5-6,9-11,13H2,1-4H3,(H2,23,24,25);1H. The normalized spacial score (nSPS) is 17.1. The first-order chi connectivity index (χ1) is 14.0. The van der Waals surface area contributed by atoms with Crippen molar-refractivity contribution < 1.29 is 8.91 Å². The number of aryl methyl sites for hydroxylation is 1. The summed E-state index contributed by atoms with van der Waals surface area (Å²) in [6.07, 6.45) is 2.79. The first-order valence-electron chi connectivity index (χ1n) is 10.3. The third-order valence-corrected chi connectivity index (χ3v) is 5.12. The van der Waals surface area contributed by atoms with Gasteiger partial charge in [0.2, 0.25) is 5.89 Å². The third-order valence-electron chi connectivity index (χ3n) is 5.12. The van der Waals surface area contributed by atoms with E-state index in [1.807, 2.05) is 26.8 Å². The van der Waals surface area contributed by atoms with Gasteiger partial charge in [0, 0.05) is 50.7 Å². The van der Waals surface area contributed by atoms with Gasteiger partial charge in [-0.3, -0.25) is 4.99 Å². The van der Waals surface area contributed by atoms with Crippen LogP contribution in [0.5, 0.6) is 0 Å². The Balaban J connectivity index is 0.00000320. The molecule has 30 heavy (non-hydrogen) atoms. The fraction of sp³-hybridized carbons (Fsp3) is 0.571. The lowest BCUT2D eigenvalue weighted by Gasteiger charge is -2.36. The highest BCUT2D eigenvalue weighted by molar-refractivity contribution is 14.0. The minimum Gasteiger partial charge on any atom is -0.369 e. The van der Waals surface area contributed by atoms with E-state index in [1.165, 1.54) is 6.07 Å². The van der Waals surface area contributed by atoms with Gasteiger partial charge in [-0.1, -0.05) is 19.0 Å². The van der Waals surface area contributed by atoms with Crippen LogP contribution in [0.15, 0.2) is 27.7 Å². The summed E-state index contributed by atoms with van der Waals surface area (Å²) in [6, 6.07) is 5.27. The molecule has 1 aliphatic rings. The number of aliphatic imine (C=N–C) groups is 1. The van der Waals surface area contributed by atoms with Gasteiger partial charge < -0.3 is 20.1 Å². The molecule has 7 nitrogen and oxygen atoms in total. The van der Waals surface area contributed by atoms with E-state index in [1.54, 1.807) is 13.1 Å². The summed E-state index contributed by atoms with van der Waals surface area (Å²) in [7, 11) is 1.77. The van der Waals surface area contributed by atoms with Gasteiger partial charge in [-0.2, -0.15) is 4.98 Å². The van der Waals surface area contributed by atoms with Gasteiger partial charge in [0.05, 0.1) is 0 Å². The number of nitrogens with zero attached hydrogens (tertiary/aromatic N) is 4. The highest BCUT2D eigenvalue weighted by Gasteiger charge is 2.22. The number of hydrogen-bond donors (Lipinski definition) is 2. The summed E-state index contributed by atoms with van der Waals surface area (Å²) in [5.41, 5.74) is 2.06. The SMILES string of the molecule is CN=C(NCCc1nc(C(C)C)no1)NC1CCCN(c2ccc(F)cc2C)C1.I. The van der Waals surface area contributed by atoms with Crippen LogP contribution in [0.2, 0.25) is 0 Å². The Kier molecular flexibility index (Phi) is 9.32. The number of guanidine groups is 1. The molecule has 2 heterocycles. The first-order valence-corrected chi connectivity index (χ1v) is 10.3. The molecule has 0 aliphatic carbocycles. The molecule has 1 atom stereocenters. The van der Waals surface area contributed by atoms with E-state index in [2.05, 4.69) is 30.7 Å². The second-order valence-corrected chi connectivity index (χ2v) is 7.81. The smallest absolute Gasteiger partial charge is 0.228 e. The zero-order valence-corrected chi connectivity index (χ0v) is 20.4. The molecule has 1 aromatic heterocycles. The molecule has 0 bridgehead atoms. The maximum atomic E-state index is 13.4. The van der Waals surface area contributed by atoms with Crippen LogP contribution in [0, 0.1) is 12.7 Å². The van der Waals surface area contributed by atoms with Crippen LogP contribution in [0.1, 0.15) is 49.9 Å². The predicted octanol–water partition coefficient (Wildman–Crippen LogP) is 3.64. The van der Waals surface area contributed by atoms with Gasteiger partial charge in [0.1, 0.15) is 5.82 Å². The zero-order valence-electron chi connectivity index (χ0n) is 18.1. The number of nitrogens with one attached hydrogen (secondary N) is 2. The van der Waals surface area contributed by atoms with Gasteiger partial charge >= 0.3 is 0 Å². The monoisotopic (exact) mass is 530 g/mol. The molecule has 0 saturated carbocycles. The van der Waals surface area contributed by atoms with Crippen molar-refractivity contribution in [3.8, 4) is 0 Å². The highest BCUT2D eigenvalue weighted by Crippen LogP contribution is 2.24. The molecule has 1 aliphatic heterocycles. The minimum absolute atomic E-state index is 0. The highest BCUT2D eigenvalue weighted by atomic mass is 127. The van der Waals surface area contributed by atoms with E-state index in [-0.39, 0.29) is 41.8 Å². The quantitative estimate of drug-likeness (QED) is 0.338. The molecular weight excluding hydrogens is 498 g/mol. The zero-order chi connectivity index (χ0) is 20.8. The lowest BCUT2D eigenvalue weighted by Crippen LogP contribution is -2.51. The molecule has 3 rings (SSSR count). The number of hydrogen-bond acceptors (Lipinski definition) is 5. The van der Waals surface area contributed by atoms with Gasteiger partial charge in [-0.25, -0.2) is 4.39 Å². The maximum absolute atomic E-state index is 13.4. The van der Waals surface area contributed by atoms with Gasteiger partial charge in [0.15, 0.2) is 11.8 Å². The average molecular weight is 530 g/mol. The lowest BCUT2D eigenvalue weighted by molar-refractivity contribution is 0.371. The largest absolute Gasteiger partial charge is 0.369 e. The van der Waals surface area contributed by atoms with Crippen molar-refractivity contribution >= 4 is 35.6 Å². The Morgan fingerprint density at radius 2 is 2.20 bits per heavy atom. The number of piperidine rings is 1. The first kappa shape index (κ1) is 24.4. The average Bonchev–Trinajstić information content (AvgIpc) is 3.17. The van der Waals surface area contributed by atoms with Crippen LogP contribution < -0.4 is 15.5 Å². The minimum atomic E-state index is -0.190. The van der Waals surface area contributed by atoms with Crippen LogP contribution >= 0.6 is 24.0 Å². The second kappa shape index (κ2) is 11.5.